The number of nitrogens with zero attached hydrogens (tertiary/aromatic N) is 1. The second-order valence-corrected chi connectivity index (χ2v) is 8.76. The number of carbonyl (C=O) groups excluding carboxylic acids is 1. The largest absolute Gasteiger partial charge is 0.493 e. The van der Waals surface area contributed by atoms with Crippen molar-refractivity contribution in [2.75, 3.05) is 31.3 Å². The third-order valence-corrected chi connectivity index (χ3v) is 5.91. The number of ether oxygens (including phenoxy) is 2. The van der Waals surface area contributed by atoms with Gasteiger partial charge in [0.2, 0.25) is 15.9 Å². The summed E-state index contributed by atoms with van der Waals surface area (Å²) in [6, 6.07) is 13.6. The monoisotopic (exact) mass is 434 g/mol. The number of methoxy groups -OCH3 is 2. The molecule has 0 radical (unpaired) electrons. The molecule has 1 amide bonds. The van der Waals surface area contributed by atoms with Crippen molar-refractivity contribution in [2.45, 2.75) is 32.2 Å². The molecule has 0 aliphatic rings. The maximum Gasteiger partial charge on any atom is 0.243 e. The van der Waals surface area contributed by atoms with Crippen LogP contribution >= 0.6 is 0 Å². The van der Waals surface area contributed by atoms with Crippen molar-refractivity contribution in [2.24, 2.45) is 0 Å². The van der Waals surface area contributed by atoms with E-state index >= 15 is 0 Å². The normalized spacial score (nSPS) is 12.1. The van der Waals surface area contributed by atoms with Crippen molar-refractivity contribution in [3.63, 3.8) is 0 Å². The number of aryl methyl sites for hydroxylation is 1. The van der Waals surface area contributed by atoms with Crippen molar-refractivity contribution >= 4 is 21.6 Å². The first-order valence-electron chi connectivity index (χ1n) is 9.84. The van der Waals surface area contributed by atoms with Crippen molar-refractivity contribution in [3.8, 4) is 11.5 Å². The van der Waals surface area contributed by atoms with E-state index in [4.69, 9.17) is 9.47 Å². The zero-order valence-corrected chi connectivity index (χ0v) is 18.7. The third-order valence-electron chi connectivity index (χ3n) is 4.73. The van der Waals surface area contributed by atoms with E-state index in [1.165, 1.54) is 4.31 Å². The van der Waals surface area contributed by atoms with Crippen LogP contribution in [0.4, 0.5) is 5.69 Å². The van der Waals surface area contributed by atoms with Crippen molar-refractivity contribution in [3.05, 3.63) is 54.1 Å². The molecular weight excluding hydrogens is 404 g/mol. The number of nitrogens with one attached hydrogen (secondary N) is 1. The van der Waals surface area contributed by atoms with Crippen LogP contribution in [0.3, 0.4) is 0 Å². The lowest BCUT2D eigenvalue weighted by Crippen LogP contribution is -2.49. The van der Waals surface area contributed by atoms with E-state index in [0.29, 0.717) is 36.6 Å². The summed E-state index contributed by atoms with van der Waals surface area (Å²) in [5, 5.41) is 2.88. The molecule has 1 N–H and O–H groups in total. The van der Waals surface area contributed by atoms with Crippen LogP contribution in [0.15, 0.2) is 48.5 Å². The highest BCUT2D eigenvalue weighted by Crippen LogP contribution is 2.28. The highest BCUT2D eigenvalue weighted by molar-refractivity contribution is 7.92. The molecule has 0 aromatic heterocycles. The molecule has 0 saturated heterocycles. The lowest BCUT2D eigenvalue weighted by molar-refractivity contribution is -0.122. The minimum Gasteiger partial charge on any atom is -0.493 e. The smallest absolute Gasteiger partial charge is 0.243 e. The molecule has 0 saturated carbocycles. The van der Waals surface area contributed by atoms with Gasteiger partial charge in [-0.2, -0.15) is 0 Å². The minimum absolute atomic E-state index is 0.306. The number of para-hydroxylation sites is 1. The molecule has 2 rings (SSSR count). The van der Waals surface area contributed by atoms with E-state index in [1.54, 1.807) is 51.5 Å². The fourth-order valence-electron chi connectivity index (χ4n) is 3.29. The maximum atomic E-state index is 12.8. The molecule has 1 atom stereocenters. The Morgan fingerprint density at radius 3 is 2.30 bits per heavy atom. The highest BCUT2D eigenvalue weighted by Gasteiger charge is 2.31. The number of sulfonamides is 1. The van der Waals surface area contributed by atoms with E-state index in [9.17, 15) is 13.2 Å². The van der Waals surface area contributed by atoms with E-state index in [2.05, 4.69) is 5.32 Å². The van der Waals surface area contributed by atoms with Crippen LogP contribution in [0.2, 0.25) is 0 Å². The molecule has 1 unspecified atom stereocenters. The van der Waals surface area contributed by atoms with Crippen LogP contribution in [0, 0.1) is 0 Å². The number of carbonyl (C=O) groups is 1. The Hall–Kier alpha value is -2.74. The standard InChI is InChI=1S/C22H30N2O5S/c1-5-19(24(30(4,26)27)18-11-7-6-8-12-18)22(25)23-15-9-10-17-13-14-20(28-2)21(16-17)29-3/h6-8,11-14,16,19H,5,9-10,15H2,1-4H3,(H,23,25). The number of anilines is 1. The van der Waals surface area contributed by atoms with Gasteiger partial charge in [-0.15, -0.1) is 0 Å². The first-order valence-corrected chi connectivity index (χ1v) is 11.7. The van der Waals surface area contributed by atoms with Crippen molar-refractivity contribution < 1.29 is 22.7 Å². The Labute approximate surface area is 179 Å². The summed E-state index contributed by atoms with van der Waals surface area (Å²) in [5.74, 6) is 1.03. The maximum absolute atomic E-state index is 12.8. The molecule has 2 aromatic rings. The lowest BCUT2D eigenvalue weighted by atomic mass is 10.1. The minimum atomic E-state index is -3.62. The fourth-order valence-corrected chi connectivity index (χ4v) is 4.50. The van der Waals surface area contributed by atoms with Gasteiger partial charge in [0.1, 0.15) is 6.04 Å². The summed E-state index contributed by atoms with van der Waals surface area (Å²) in [5.41, 5.74) is 1.54. The van der Waals surface area contributed by atoms with Gasteiger partial charge < -0.3 is 14.8 Å². The lowest BCUT2D eigenvalue weighted by Gasteiger charge is -2.30. The van der Waals surface area contributed by atoms with Crippen LogP contribution in [0.1, 0.15) is 25.3 Å². The number of hydrogen-bond acceptors (Lipinski definition) is 5. The first kappa shape index (κ1) is 23.5. The van der Waals surface area contributed by atoms with E-state index in [0.717, 1.165) is 18.2 Å². The summed E-state index contributed by atoms with van der Waals surface area (Å²) < 4.78 is 36.5. The van der Waals surface area contributed by atoms with Crippen LogP contribution in [0.5, 0.6) is 11.5 Å². The second kappa shape index (κ2) is 10.9. The predicted molar refractivity (Wildman–Crippen MR) is 119 cm³/mol. The Bertz CT molecular complexity index is 932. The summed E-state index contributed by atoms with van der Waals surface area (Å²) in [4.78, 5) is 12.8. The van der Waals surface area contributed by atoms with Gasteiger partial charge in [0, 0.05) is 6.54 Å². The molecule has 164 valence electrons. The summed E-state index contributed by atoms with van der Waals surface area (Å²) >= 11 is 0. The van der Waals surface area contributed by atoms with Gasteiger partial charge in [0.05, 0.1) is 26.2 Å². The molecule has 0 bridgehead atoms. The molecule has 0 spiro atoms. The topological polar surface area (TPSA) is 84.9 Å². The first-order chi connectivity index (χ1) is 14.3. The molecule has 8 heteroatoms. The Morgan fingerprint density at radius 1 is 1.07 bits per heavy atom. The van der Waals surface area contributed by atoms with Gasteiger partial charge >= 0.3 is 0 Å². The van der Waals surface area contributed by atoms with Gasteiger partial charge in [0.15, 0.2) is 11.5 Å². The summed E-state index contributed by atoms with van der Waals surface area (Å²) in [6.07, 6.45) is 2.93. The number of amides is 1. The molecule has 0 aliphatic carbocycles. The second-order valence-electron chi connectivity index (χ2n) is 6.90. The molecule has 0 fully saturated rings. The fraction of sp³-hybridized carbons (Fsp3) is 0.409. The average molecular weight is 435 g/mol. The average Bonchev–Trinajstić information content (AvgIpc) is 2.74. The van der Waals surface area contributed by atoms with Crippen LogP contribution in [-0.2, 0) is 21.2 Å². The summed E-state index contributed by atoms with van der Waals surface area (Å²) in [7, 11) is -0.435. The molecule has 2 aromatic carbocycles. The van der Waals surface area contributed by atoms with E-state index in [-0.39, 0.29) is 5.91 Å². The van der Waals surface area contributed by atoms with Gasteiger partial charge in [-0.1, -0.05) is 31.2 Å². The number of rotatable bonds is 11. The zero-order chi connectivity index (χ0) is 22.1. The molecule has 0 aliphatic heterocycles. The molecular formula is C22H30N2O5S. The molecule has 30 heavy (non-hydrogen) atoms. The Morgan fingerprint density at radius 2 is 1.73 bits per heavy atom. The number of benzene rings is 2. The van der Waals surface area contributed by atoms with Gasteiger partial charge in [-0.25, -0.2) is 8.42 Å². The quantitative estimate of drug-likeness (QED) is 0.550. The zero-order valence-electron chi connectivity index (χ0n) is 17.9. The van der Waals surface area contributed by atoms with Crippen molar-refractivity contribution in [1.82, 2.24) is 5.32 Å². The SMILES string of the molecule is CCC(C(=O)NCCCc1ccc(OC)c(OC)c1)N(c1ccccc1)S(C)(=O)=O. The van der Waals surface area contributed by atoms with E-state index in [1.807, 2.05) is 18.2 Å². The Kier molecular flexibility index (Phi) is 8.53. The summed E-state index contributed by atoms with van der Waals surface area (Å²) in [6.45, 7) is 2.24. The number of hydrogen-bond donors (Lipinski definition) is 1. The third kappa shape index (κ3) is 6.13. The highest BCUT2D eigenvalue weighted by atomic mass is 32.2. The Balaban J connectivity index is 2.00. The van der Waals surface area contributed by atoms with Crippen LogP contribution in [0.25, 0.3) is 0 Å². The van der Waals surface area contributed by atoms with Gasteiger partial charge in [0.25, 0.3) is 0 Å². The van der Waals surface area contributed by atoms with Gasteiger partial charge in [-0.3, -0.25) is 9.10 Å². The van der Waals surface area contributed by atoms with Crippen LogP contribution < -0.4 is 19.1 Å². The van der Waals surface area contributed by atoms with Gasteiger partial charge in [-0.05, 0) is 49.1 Å². The molecule has 7 nitrogen and oxygen atoms in total. The van der Waals surface area contributed by atoms with Crippen LogP contribution in [-0.4, -0.2) is 47.4 Å². The predicted octanol–water partition coefficient (Wildman–Crippen LogP) is 3.00. The van der Waals surface area contributed by atoms with Crippen molar-refractivity contribution in [1.29, 1.82) is 0 Å². The van der Waals surface area contributed by atoms with E-state index < -0.39 is 16.1 Å². The molecule has 0 heterocycles.